The van der Waals surface area contributed by atoms with Crippen molar-refractivity contribution >= 4 is 5.57 Å². The van der Waals surface area contributed by atoms with Crippen LogP contribution in [-0.4, -0.2) is 20.1 Å². The standard InChI is InChI=1S/C17H27N.C7H16/c1-4-5-6-7-11-14-18(3)15-16(2)17-12-9-8-10-13-17;1-3-5-7-6-4-2/h8-10,12-13H,2,4-7,11,14-15H2,1,3H3;3-7H2,1-2H3/p+1. The van der Waals surface area contributed by atoms with Crippen molar-refractivity contribution in [2.75, 3.05) is 20.1 Å². The highest BCUT2D eigenvalue weighted by Gasteiger charge is 2.06. The third-order valence-corrected chi connectivity index (χ3v) is 4.61. The number of benzene rings is 1. The first kappa shape index (κ1) is 23.9. The van der Waals surface area contributed by atoms with Crippen molar-refractivity contribution in [3.63, 3.8) is 0 Å². The van der Waals surface area contributed by atoms with E-state index in [-0.39, 0.29) is 0 Å². The summed E-state index contributed by atoms with van der Waals surface area (Å²) >= 11 is 0. The summed E-state index contributed by atoms with van der Waals surface area (Å²) in [5.74, 6) is 0. The van der Waals surface area contributed by atoms with Crippen LogP contribution >= 0.6 is 0 Å². The molecule has 1 heteroatoms. The van der Waals surface area contributed by atoms with Gasteiger partial charge >= 0.3 is 0 Å². The minimum Gasteiger partial charge on any atom is -0.334 e. The zero-order chi connectivity index (χ0) is 18.8. The van der Waals surface area contributed by atoms with Crippen molar-refractivity contribution < 1.29 is 4.90 Å². The zero-order valence-corrected chi connectivity index (χ0v) is 17.6. The predicted molar refractivity (Wildman–Crippen MR) is 115 cm³/mol. The van der Waals surface area contributed by atoms with Gasteiger partial charge in [0.2, 0.25) is 0 Å². The van der Waals surface area contributed by atoms with Gasteiger partial charge in [-0.2, -0.15) is 0 Å². The van der Waals surface area contributed by atoms with E-state index in [1.165, 1.54) is 81.9 Å². The van der Waals surface area contributed by atoms with Crippen LogP contribution in [0.2, 0.25) is 0 Å². The first-order valence-corrected chi connectivity index (χ1v) is 10.7. The molecule has 1 N–H and O–H groups in total. The lowest BCUT2D eigenvalue weighted by Crippen LogP contribution is -3.09. The molecule has 0 aliphatic rings. The molecule has 0 heterocycles. The minimum absolute atomic E-state index is 1.05. The lowest BCUT2D eigenvalue weighted by atomic mass is 10.1. The van der Waals surface area contributed by atoms with Gasteiger partial charge in [0.1, 0.15) is 6.54 Å². The Morgan fingerprint density at radius 2 is 1.24 bits per heavy atom. The molecule has 0 aromatic heterocycles. The van der Waals surface area contributed by atoms with Crippen LogP contribution in [0.1, 0.15) is 90.5 Å². The maximum Gasteiger partial charge on any atom is 0.103 e. The van der Waals surface area contributed by atoms with Gasteiger partial charge in [-0.05, 0) is 18.4 Å². The topological polar surface area (TPSA) is 4.44 Å². The Kier molecular flexibility index (Phi) is 17.0. The normalized spacial score (nSPS) is 11.5. The van der Waals surface area contributed by atoms with E-state index >= 15 is 0 Å². The summed E-state index contributed by atoms with van der Waals surface area (Å²) in [7, 11) is 2.27. The second kappa shape index (κ2) is 17.7. The van der Waals surface area contributed by atoms with Crippen LogP contribution in [0.15, 0.2) is 36.9 Å². The van der Waals surface area contributed by atoms with Crippen LogP contribution in [0, 0.1) is 0 Å². The number of rotatable bonds is 13. The summed E-state index contributed by atoms with van der Waals surface area (Å²) < 4.78 is 0. The maximum absolute atomic E-state index is 4.20. The Balaban J connectivity index is 0.000000697. The molecule has 0 fully saturated rings. The van der Waals surface area contributed by atoms with Crippen LogP contribution in [0.5, 0.6) is 0 Å². The molecule has 1 unspecified atom stereocenters. The maximum atomic E-state index is 4.20. The van der Waals surface area contributed by atoms with Gasteiger partial charge in [-0.25, -0.2) is 0 Å². The van der Waals surface area contributed by atoms with Crippen LogP contribution in [0.25, 0.3) is 5.57 Å². The SMILES string of the molecule is C=C(C[NH+](C)CCCCCCC)c1ccccc1.CCCCCCC. The van der Waals surface area contributed by atoms with Gasteiger partial charge in [0, 0.05) is 5.57 Å². The Morgan fingerprint density at radius 3 is 1.76 bits per heavy atom. The zero-order valence-electron chi connectivity index (χ0n) is 17.6. The summed E-state index contributed by atoms with van der Waals surface area (Å²) in [5, 5.41) is 0. The number of unbranched alkanes of at least 4 members (excludes halogenated alkanes) is 8. The molecule has 0 saturated heterocycles. The van der Waals surface area contributed by atoms with E-state index in [0.717, 1.165) is 6.54 Å². The molecular weight excluding hydrogens is 302 g/mol. The monoisotopic (exact) mass is 346 g/mol. The van der Waals surface area contributed by atoms with E-state index in [4.69, 9.17) is 0 Å². The molecule has 1 atom stereocenters. The van der Waals surface area contributed by atoms with Crippen molar-refractivity contribution in [2.24, 2.45) is 0 Å². The Bertz CT molecular complexity index is 392. The highest BCUT2D eigenvalue weighted by Crippen LogP contribution is 2.09. The van der Waals surface area contributed by atoms with Crippen molar-refractivity contribution in [1.82, 2.24) is 0 Å². The number of quaternary nitrogens is 1. The lowest BCUT2D eigenvalue weighted by Gasteiger charge is -2.15. The highest BCUT2D eigenvalue weighted by molar-refractivity contribution is 5.63. The van der Waals surface area contributed by atoms with Gasteiger partial charge in [0.25, 0.3) is 0 Å². The van der Waals surface area contributed by atoms with Gasteiger partial charge in [0.05, 0.1) is 13.6 Å². The molecule has 0 saturated carbocycles. The second-order valence-electron chi connectivity index (χ2n) is 7.33. The second-order valence-corrected chi connectivity index (χ2v) is 7.33. The smallest absolute Gasteiger partial charge is 0.103 e. The number of hydrogen-bond acceptors (Lipinski definition) is 0. The van der Waals surface area contributed by atoms with E-state index in [0.29, 0.717) is 0 Å². The van der Waals surface area contributed by atoms with Gasteiger partial charge in [-0.15, -0.1) is 0 Å². The van der Waals surface area contributed by atoms with Crippen molar-refractivity contribution in [2.45, 2.75) is 85.0 Å². The fourth-order valence-corrected chi connectivity index (χ4v) is 2.94. The molecule has 1 rings (SSSR count). The Labute approximate surface area is 158 Å². The van der Waals surface area contributed by atoms with Gasteiger partial charge in [0.15, 0.2) is 0 Å². The highest BCUT2D eigenvalue weighted by atomic mass is 15.1. The lowest BCUT2D eigenvalue weighted by molar-refractivity contribution is -0.871. The van der Waals surface area contributed by atoms with Crippen LogP contribution in [0.3, 0.4) is 0 Å². The Hall–Kier alpha value is -1.08. The van der Waals surface area contributed by atoms with E-state index in [1.807, 2.05) is 0 Å². The van der Waals surface area contributed by atoms with Crippen LogP contribution in [-0.2, 0) is 0 Å². The summed E-state index contributed by atoms with van der Waals surface area (Å²) in [4.78, 5) is 1.57. The summed E-state index contributed by atoms with van der Waals surface area (Å²) in [6.45, 7) is 13.3. The molecule has 0 spiro atoms. The molecule has 0 amide bonds. The molecule has 1 aromatic rings. The van der Waals surface area contributed by atoms with E-state index < -0.39 is 0 Å². The van der Waals surface area contributed by atoms with Gasteiger partial charge < -0.3 is 4.90 Å². The molecule has 144 valence electrons. The average Bonchev–Trinajstić information content (AvgIpc) is 2.63. The first-order chi connectivity index (χ1) is 12.2. The average molecular weight is 347 g/mol. The number of likely N-dealkylation sites (N-methyl/N-ethyl adjacent to an activating group) is 1. The Morgan fingerprint density at radius 1 is 0.760 bits per heavy atom. The van der Waals surface area contributed by atoms with Gasteiger partial charge in [-0.1, -0.05) is 109 Å². The molecule has 0 bridgehead atoms. The molecular formula is C24H44N+. The fraction of sp³-hybridized carbons (Fsp3) is 0.667. The molecule has 1 aromatic carbocycles. The van der Waals surface area contributed by atoms with Gasteiger partial charge in [-0.3, -0.25) is 0 Å². The molecule has 0 aliphatic heterocycles. The summed E-state index contributed by atoms with van der Waals surface area (Å²) in [6, 6.07) is 10.5. The van der Waals surface area contributed by atoms with Crippen LogP contribution in [0.4, 0.5) is 0 Å². The largest absolute Gasteiger partial charge is 0.334 e. The predicted octanol–water partition coefficient (Wildman–Crippen LogP) is 6.16. The number of hydrogen-bond donors (Lipinski definition) is 1. The van der Waals surface area contributed by atoms with Crippen molar-refractivity contribution in [1.29, 1.82) is 0 Å². The van der Waals surface area contributed by atoms with E-state index in [9.17, 15) is 0 Å². The number of nitrogens with one attached hydrogen (secondary N) is 1. The quantitative estimate of drug-likeness (QED) is 0.408. The van der Waals surface area contributed by atoms with Crippen LogP contribution < -0.4 is 4.90 Å². The molecule has 1 nitrogen and oxygen atoms in total. The molecule has 25 heavy (non-hydrogen) atoms. The minimum atomic E-state index is 1.05. The molecule has 0 aliphatic carbocycles. The fourth-order valence-electron chi connectivity index (χ4n) is 2.94. The molecule has 0 radical (unpaired) electrons. The summed E-state index contributed by atoms with van der Waals surface area (Å²) in [6.07, 6.45) is 13.8. The van der Waals surface area contributed by atoms with E-state index in [1.54, 1.807) is 4.90 Å². The third-order valence-electron chi connectivity index (χ3n) is 4.61. The van der Waals surface area contributed by atoms with E-state index in [2.05, 4.69) is 64.7 Å². The van der Waals surface area contributed by atoms with Crippen molar-refractivity contribution in [3.8, 4) is 0 Å². The van der Waals surface area contributed by atoms with Crippen molar-refractivity contribution in [3.05, 3.63) is 42.5 Å². The third kappa shape index (κ3) is 14.9. The summed E-state index contributed by atoms with van der Waals surface area (Å²) in [5.41, 5.74) is 2.53. The first-order valence-electron chi connectivity index (χ1n) is 10.7.